The van der Waals surface area contributed by atoms with Gasteiger partial charge in [0.15, 0.2) is 0 Å². The van der Waals surface area contributed by atoms with E-state index < -0.39 is 0 Å². The molecule has 4 heteroatoms. The van der Waals surface area contributed by atoms with Crippen molar-refractivity contribution in [3.8, 4) is 6.07 Å². The molecule has 0 bridgehead atoms. The minimum atomic E-state index is -0.239. The summed E-state index contributed by atoms with van der Waals surface area (Å²) in [5.74, 6) is -0.239. The van der Waals surface area contributed by atoms with E-state index in [4.69, 9.17) is 5.26 Å². The van der Waals surface area contributed by atoms with Gasteiger partial charge in [0.1, 0.15) is 16.8 Å². The average molecular weight is 246 g/mol. The van der Waals surface area contributed by atoms with E-state index in [0.717, 1.165) is 16.1 Å². The van der Waals surface area contributed by atoms with E-state index in [1.54, 1.807) is 6.07 Å². The minimum Gasteiger partial charge on any atom is -0.380 e. The van der Waals surface area contributed by atoms with Crippen LogP contribution >= 0.6 is 11.3 Å². The van der Waals surface area contributed by atoms with Crippen LogP contribution in [-0.2, 0) is 6.54 Å². The molecule has 1 aromatic heterocycles. The molecular weight excluding hydrogens is 235 g/mol. The van der Waals surface area contributed by atoms with Gasteiger partial charge in [-0.1, -0.05) is 0 Å². The van der Waals surface area contributed by atoms with Crippen LogP contribution in [0.4, 0.5) is 10.1 Å². The fourth-order valence-electron chi connectivity index (χ4n) is 1.56. The van der Waals surface area contributed by atoms with Gasteiger partial charge in [-0.25, -0.2) is 4.39 Å². The van der Waals surface area contributed by atoms with Crippen LogP contribution in [0.2, 0.25) is 0 Å². The third-order valence-corrected chi connectivity index (χ3v) is 3.27. The molecule has 0 amide bonds. The first-order valence-corrected chi connectivity index (χ1v) is 5.99. The van der Waals surface area contributed by atoms with Gasteiger partial charge in [-0.3, -0.25) is 0 Å². The standard InChI is InChI=1S/C13H11FN2S/c1-9-4-10(14)6-11(5-9)16-8-13-3-2-12(7-15)17-13/h2-6,16H,8H2,1H3. The van der Waals surface area contributed by atoms with Crippen molar-refractivity contribution in [1.29, 1.82) is 5.26 Å². The first-order chi connectivity index (χ1) is 8.17. The molecule has 0 aliphatic heterocycles. The number of nitriles is 1. The largest absolute Gasteiger partial charge is 0.380 e. The molecule has 0 atom stereocenters. The third kappa shape index (κ3) is 3.05. The fourth-order valence-corrected chi connectivity index (χ4v) is 2.31. The van der Waals surface area contributed by atoms with Crippen LogP contribution in [0.3, 0.4) is 0 Å². The smallest absolute Gasteiger partial charge is 0.125 e. The van der Waals surface area contributed by atoms with Crippen molar-refractivity contribution in [3.05, 3.63) is 51.5 Å². The second-order valence-corrected chi connectivity index (χ2v) is 4.92. The molecule has 86 valence electrons. The van der Waals surface area contributed by atoms with E-state index in [-0.39, 0.29) is 5.82 Å². The van der Waals surface area contributed by atoms with Crippen molar-refractivity contribution >= 4 is 17.0 Å². The van der Waals surface area contributed by atoms with Crippen LogP contribution in [0.25, 0.3) is 0 Å². The summed E-state index contributed by atoms with van der Waals surface area (Å²) in [6, 6.07) is 10.6. The van der Waals surface area contributed by atoms with E-state index in [9.17, 15) is 4.39 Å². The van der Waals surface area contributed by atoms with Crippen molar-refractivity contribution in [2.24, 2.45) is 0 Å². The van der Waals surface area contributed by atoms with E-state index in [2.05, 4.69) is 11.4 Å². The number of thiophene rings is 1. The number of halogens is 1. The molecule has 0 aliphatic rings. The Bertz CT molecular complexity index is 549. The summed E-state index contributed by atoms with van der Waals surface area (Å²) < 4.78 is 13.1. The first-order valence-electron chi connectivity index (χ1n) is 5.17. The van der Waals surface area contributed by atoms with Crippen molar-refractivity contribution in [3.63, 3.8) is 0 Å². The number of nitrogens with one attached hydrogen (secondary N) is 1. The Morgan fingerprint density at radius 2 is 2.18 bits per heavy atom. The molecule has 0 spiro atoms. The van der Waals surface area contributed by atoms with E-state index in [0.29, 0.717) is 11.4 Å². The first kappa shape index (κ1) is 11.6. The Hall–Kier alpha value is -1.86. The third-order valence-electron chi connectivity index (χ3n) is 2.28. The summed E-state index contributed by atoms with van der Waals surface area (Å²) in [7, 11) is 0. The Kier molecular flexibility index (Phi) is 3.40. The number of rotatable bonds is 3. The van der Waals surface area contributed by atoms with Crippen LogP contribution < -0.4 is 5.32 Å². The molecule has 1 heterocycles. The maximum atomic E-state index is 13.1. The van der Waals surface area contributed by atoms with E-state index in [1.807, 2.05) is 19.1 Å². The van der Waals surface area contributed by atoms with Gasteiger partial charge >= 0.3 is 0 Å². The van der Waals surface area contributed by atoms with Crippen LogP contribution in [-0.4, -0.2) is 0 Å². The quantitative estimate of drug-likeness (QED) is 0.896. The second-order valence-electron chi connectivity index (χ2n) is 3.75. The lowest BCUT2D eigenvalue weighted by Crippen LogP contribution is -1.98. The summed E-state index contributed by atoms with van der Waals surface area (Å²) in [6.07, 6.45) is 0. The van der Waals surface area contributed by atoms with Gasteiger partial charge in [0.25, 0.3) is 0 Å². The molecule has 0 fully saturated rings. The van der Waals surface area contributed by atoms with Crippen molar-refractivity contribution in [2.45, 2.75) is 13.5 Å². The Morgan fingerprint density at radius 3 is 2.82 bits per heavy atom. The number of aryl methyl sites for hydroxylation is 1. The molecule has 17 heavy (non-hydrogen) atoms. The molecule has 1 aromatic carbocycles. The number of nitrogens with zero attached hydrogens (tertiary/aromatic N) is 1. The van der Waals surface area contributed by atoms with Crippen LogP contribution in [0.5, 0.6) is 0 Å². The molecule has 0 unspecified atom stereocenters. The molecule has 0 saturated heterocycles. The number of benzene rings is 1. The van der Waals surface area contributed by atoms with Crippen LogP contribution in [0, 0.1) is 24.1 Å². The Morgan fingerprint density at radius 1 is 1.35 bits per heavy atom. The summed E-state index contributed by atoms with van der Waals surface area (Å²) >= 11 is 1.44. The second kappa shape index (κ2) is 4.98. The Labute approximate surface area is 103 Å². The van der Waals surface area contributed by atoms with Crippen molar-refractivity contribution in [2.75, 3.05) is 5.32 Å². The molecular formula is C13H11FN2S. The highest BCUT2D eigenvalue weighted by molar-refractivity contribution is 7.12. The monoisotopic (exact) mass is 246 g/mol. The highest BCUT2D eigenvalue weighted by Crippen LogP contribution is 2.18. The van der Waals surface area contributed by atoms with Gasteiger partial charge in [-0.15, -0.1) is 11.3 Å². The lowest BCUT2D eigenvalue weighted by atomic mass is 10.2. The highest BCUT2D eigenvalue weighted by atomic mass is 32.1. The minimum absolute atomic E-state index is 0.239. The van der Waals surface area contributed by atoms with Gasteiger partial charge in [-0.05, 0) is 42.8 Å². The molecule has 2 nitrogen and oxygen atoms in total. The van der Waals surface area contributed by atoms with Gasteiger partial charge in [0.05, 0.1) is 0 Å². The number of hydrogen-bond acceptors (Lipinski definition) is 3. The van der Waals surface area contributed by atoms with Gasteiger partial charge in [0, 0.05) is 17.1 Å². The summed E-state index contributed by atoms with van der Waals surface area (Å²) in [4.78, 5) is 1.75. The van der Waals surface area contributed by atoms with Crippen molar-refractivity contribution < 1.29 is 4.39 Å². The summed E-state index contributed by atoms with van der Waals surface area (Å²) in [5.41, 5.74) is 1.64. The topological polar surface area (TPSA) is 35.8 Å². The normalized spacial score (nSPS) is 9.94. The van der Waals surface area contributed by atoms with Gasteiger partial charge in [-0.2, -0.15) is 5.26 Å². The molecule has 0 aliphatic carbocycles. The Balaban J connectivity index is 2.04. The zero-order valence-corrected chi connectivity index (χ0v) is 10.1. The van der Waals surface area contributed by atoms with E-state index >= 15 is 0 Å². The van der Waals surface area contributed by atoms with E-state index in [1.165, 1.54) is 23.5 Å². The van der Waals surface area contributed by atoms with Crippen LogP contribution in [0.15, 0.2) is 30.3 Å². The highest BCUT2D eigenvalue weighted by Gasteiger charge is 2.01. The lowest BCUT2D eigenvalue weighted by molar-refractivity contribution is 0.627. The predicted octanol–water partition coefficient (Wildman–Crippen LogP) is 3.68. The summed E-state index contributed by atoms with van der Waals surface area (Å²) in [5, 5.41) is 11.8. The number of hydrogen-bond donors (Lipinski definition) is 1. The maximum Gasteiger partial charge on any atom is 0.125 e. The zero-order chi connectivity index (χ0) is 12.3. The van der Waals surface area contributed by atoms with Crippen molar-refractivity contribution in [1.82, 2.24) is 0 Å². The molecule has 2 rings (SSSR count). The molecule has 1 N–H and O–H groups in total. The van der Waals surface area contributed by atoms with Crippen LogP contribution in [0.1, 0.15) is 15.3 Å². The fraction of sp³-hybridized carbons (Fsp3) is 0.154. The zero-order valence-electron chi connectivity index (χ0n) is 9.33. The predicted molar refractivity (Wildman–Crippen MR) is 67.5 cm³/mol. The SMILES string of the molecule is Cc1cc(F)cc(NCc2ccc(C#N)s2)c1. The number of anilines is 1. The lowest BCUT2D eigenvalue weighted by Gasteiger charge is -2.06. The summed E-state index contributed by atoms with van der Waals surface area (Å²) in [6.45, 7) is 2.46. The molecule has 0 radical (unpaired) electrons. The average Bonchev–Trinajstić information content (AvgIpc) is 2.73. The molecule has 2 aromatic rings. The van der Waals surface area contributed by atoms with Gasteiger partial charge < -0.3 is 5.32 Å². The van der Waals surface area contributed by atoms with Gasteiger partial charge in [0.2, 0.25) is 0 Å². The molecule has 0 saturated carbocycles. The maximum absolute atomic E-state index is 13.1.